The van der Waals surface area contributed by atoms with Crippen molar-refractivity contribution >= 4 is 5.91 Å². The van der Waals surface area contributed by atoms with Crippen molar-refractivity contribution in [3.05, 3.63) is 0 Å². The van der Waals surface area contributed by atoms with Crippen molar-refractivity contribution in [3.8, 4) is 0 Å². The summed E-state index contributed by atoms with van der Waals surface area (Å²) in [7, 11) is 1.69. The van der Waals surface area contributed by atoms with Gasteiger partial charge in [-0.05, 0) is 47.0 Å². The molecule has 0 heterocycles. The van der Waals surface area contributed by atoms with Gasteiger partial charge in [0.15, 0.2) is 0 Å². The smallest absolute Gasteiger partial charge is 0.225 e. The summed E-state index contributed by atoms with van der Waals surface area (Å²) in [5, 5.41) is 3.00. The van der Waals surface area contributed by atoms with Crippen LogP contribution < -0.4 is 5.32 Å². The zero-order chi connectivity index (χ0) is 14.7. The number of ether oxygens (including phenoxy) is 2. The zero-order valence-electron chi connectivity index (χ0n) is 13.3. The molecule has 0 bridgehead atoms. The molecule has 0 aromatic heterocycles. The SMILES string of the molecule is COC(C)(C)COC(C)(C)CCNC(=O)C1(C)CC1. The number of hydrogen-bond acceptors (Lipinski definition) is 3. The Bertz CT molecular complexity index is 319. The van der Waals surface area contributed by atoms with E-state index < -0.39 is 0 Å². The van der Waals surface area contributed by atoms with Gasteiger partial charge in [0.05, 0.1) is 17.8 Å². The van der Waals surface area contributed by atoms with Crippen molar-refractivity contribution in [2.24, 2.45) is 5.41 Å². The standard InChI is InChI=1S/C15H29NO3/c1-13(2,19-11-14(3,4)18-6)9-10-16-12(17)15(5)7-8-15/h7-11H2,1-6H3,(H,16,17). The maximum Gasteiger partial charge on any atom is 0.225 e. The minimum absolute atomic E-state index is 0.0942. The second-order valence-corrected chi connectivity index (χ2v) is 7.08. The Kier molecular flexibility index (Phi) is 5.02. The summed E-state index contributed by atoms with van der Waals surface area (Å²) in [6.07, 6.45) is 2.83. The zero-order valence-corrected chi connectivity index (χ0v) is 13.3. The van der Waals surface area contributed by atoms with Crippen LogP contribution in [0.15, 0.2) is 0 Å². The predicted octanol–water partition coefficient (Wildman–Crippen LogP) is 2.51. The van der Waals surface area contributed by atoms with Crippen LogP contribution in [0.25, 0.3) is 0 Å². The fourth-order valence-corrected chi connectivity index (χ4v) is 1.61. The molecule has 0 unspecified atom stereocenters. The van der Waals surface area contributed by atoms with E-state index in [0.717, 1.165) is 19.3 Å². The minimum atomic E-state index is -0.276. The monoisotopic (exact) mass is 271 g/mol. The molecule has 112 valence electrons. The fourth-order valence-electron chi connectivity index (χ4n) is 1.61. The van der Waals surface area contributed by atoms with E-state index in [1.165, 1.54) is 0 Å². The van der Waals surface area contributed by atoms with Crippen molar-refractivity contribution < 1.29 is 14.3 Å². The number of hydrogen-bond donors (Lipinski definition) is 1. The lowest BCUT2D eigenvalue weighted by molar-refractivity contribution is -0.126. The highest BCUT2D eigenvalue weighted by atomic mass is 16.5. The molecule has 1 N–H and O–H groups in total. The number of methoxy groups -OCH3 is 1. The molecular weight excluding hydrogens is 242 g/mol. The third-order valence-corrected chi connectivity index (χ3v) is 3.92. The quantitative estimate of drug-likeness (QED) is 0.738. The van der Waals surface area contributed by atoms with Crippen molar-refractivity contribution in [2.75, 3.05) is 20.3 Å². The van der Waals surface area contributed by atoms with Gasteiger partial charge in [-0.25, -0.2) is 0 Å². The molecule has 1 rings (SSSR count). The molecule has 0 aromatic carbocycles. The molecule has 4 heteroatoms. The summed E-state index contributed by atoms with van der Waals surface area (Å²) < 4.78 is 11.2. The van der Waals surface area contributed by atoms with Gasteiger partial charge in [0, 0.05) is 19.1 Å². The van der Waals surface area contributed by atoms with Crippen molar-refractivity contribution in [1.82, 2.24) is 5.32 Å². The second-order valence-electron chi connectivity index (χ2n) is 7.08. The van der Waals surface area contributed by atoms with E-state index in [-0.39, 0.29) is 22.5 Å². The van der Waals surface area contributed by atoms with Gasteiger partial charge < -0.3 is 14.8 Å². The summed E-state index contributed by atoms with van der Waals surface area (Å²) in [5.41, 5.74) is -0.626. The van der Waals surface area contributed by atoms with E-state index >= 15 is 0 Å². The Morgan fingerprint density at radius 3 is 2.26 bits per heavy atom. The Hall–Kier alpha value is -0.610. The Morgan fingerprint density at radius 1 is 1.21 bits per heavy atom. The van der Waals surface area contributed by atoms with E-state index in [0.29, 0.717) is 13.2 Å². The number of carbonyl (C=O) groups excluding carboxylic acids is 1. The summed E-state index contributed by atoms with van der Waals surface area (Å²) >= 11 is 0. The first kappa shape index (κ1) is 16.4. The van der Waals surface area contributed by atoms with Crippen LogP contribution in [0.2, 0.25) is 0 Å². The third kappa shape index (κ3) is 5.49. The topological polar surface area (TPSA) is 47.6 Å². The van der Waals surface area contributed by atoms with E-state index in [4.69, 9.17) is 9.47 Å². The first-order chi connectivity index (χ1) is 8.60. The van der Waals surface area contributed by atoms with Crippen LogP contribution in [-0.4, -0.2) is 37.4 Å². The Balaban J connectivity index is 2.24. The lowest BCUT2D eigenvalue weighted by Crippen LogP contribution is -2.39. The normalized spacial score (nSPS) is 18.2. The molecule has 1 aliphatic rings. The van der Waals surface area contributed by atoms with Crippen LogP contribution in [0.3, 0.4) is 0 Å². The second kappa shape index (κ2) is 5.80. The van der Waals surface area contributed by atoms with Gasteiger partial charge in [-0.1, -0.05) is 6.92 Å². The molecule has 0 radical (unpaired) electrons. The number of carbonyl (C=O) groups is 1. The van der Waals surface area contributed by atoms with E-state index in [1.54, 1.807) is 7.11 Å². The summed E-state index contributed by atoms with van der Waals surface area (Å²) in [5.74, 6) is 0.181. The van der Waals surface area contributed by atoms with E-state index in [9.17, 15) is 4.79 Å². The molecule has 1 amide bonds. The van der Waals surface area contributed by atoms with Gasteiger partial charge in [0.25, 0.3) is 0 Å². The van der Waals surface area contributed by atoms with Gasteiger partial charge >= 0.3 is 0 Å². The van der Waals surface area contributed by atoms with Crippen LogP contribution in [0.4, 0.5) is 0 Å². The molecule has 1 fully saturated rings. The predicted molar refractivity (Wildman–Crippen MR) is 76.1 cm³/mol. The van der Waals surface area contributed by atoms with Crippen LogP contribution >= 0.6 is 0 Å². The van der Waals surface area contributed by atoms with E-state index in [1.807, 2.05) is 34.6 Å². The van der Waals surface area contributed by atoms with Crippen LogP contribution in [0, 0.1) is 5.41 Å². The maximum absolute atomic E-state index is 11.8. The number of rotatable bonds is 8. The lowest BCUT2D eigenvalue weighted by Gasteiger charge is -2.31. The first-order valence-corrected chi connectivity index (χ1v) is 7.08. The highest BCUT2D eigenvalue weighted by molar-refractivity contribution is 5.84. The number of amides is 1. The van der Waals surface area contributed by atoms with Crippen LogP contribution in [-0.2, 0) is 14.3 Å². The van der Waals surface area contributed by atoms with E-state index in [2.05, 4.69) is 5.32 Å². The average Bonchev–Trinajstić information content (AvgIpc) is 3.06. The highest BCUT2D eigenvalue weighted by Crippen LogP contribution is 2.44. The summed E-state index contributed by atoms with van der Waals surface area (Å²) in [6, 6.07) is 0. The molecule has 4 nitrogen and oxygen atoms in total. The van der Waals surface area contributed by atoms with Crippen LogP contribution in [0.1, 0.15) is 53.9 Å². The van der Waals surface area contributed by atoms with Crippen LogP contribution in [0.5, 0.6) is 0 Å². The summed E-state index contributed by atoms with van der Waals surface area (Å²) in [6.45, 7) is 11.3. The van der Waals surface area contributed by atoms with Crippen molar-refractivity contribution in [2.45, 2.75) is 65.1 Å². The first-order valence-electron chi connectivity index (χ1n) is 7.08. The fraction of sp³-hybridized carbons (Fsp3) is 0.933. The molecule has 0 spiro atoms. The van der Waals surface area contributed by atoms with Gasteiger partial charge in [-0.15, -0.1) is 0 Å². The molecular formula is C15H29NO3. The van der Waals surface area contributed by atoms with Gasteiger partial charge in [-0.2, -0.15) is 0 Å². The summed E-state index contributed by atoms with van der Waals surface area (Å²) in [4.78, 5) is 11.8. The van der Waals surface area contributed by atoms with Gasteiger partial charge in [-0.3, -0.25) is 4.79 Å². The third-order valence-electron chi connectivity index (χ3n) is 3.92. The van der Waals surface area contributed by atoms with Crippen molar-refractivity contribution in [1.29, 1.82) is 0 Å². The highest BCUT2D eigenvalue weighted by Gasteiger charge is 2.44. The lowest BCUT2D eigenvalue weighted by atomic mass is 10.0. The van der Waals surface area contributed by atoms with Gasteiger partial charge in [0.2, 0.25) is 5.91 Å². The molecule has 19 heavy (non-hydrogen) atoms. The number of nitrogens with one attached hydrogen (secondary N) is 1. The molecule has 0 aromatic rings. The molecule has 0 saturated heterocycles. The largest absolute Gasteiger partial charge is 0.376 e. The van der Waals surface area contributed by atoms with Crippen molar-refractivity contribution in [3.63, 3.8) is 0 Å². The minimum Gasteiger partial charge on any atom is -0.376 e. The Morgan fingerprint density at radius 2 is 1.79 bits per heavy atom. The molecule has 0 aliphatic heterocycles. The molecule has 0 atom stereocenters. The molecule has 1 saturated carbocycles. The van der Waals surface area contributed by atoms with Gasteiger partial charge in [0.1, 0.15) is 0 Å². The molecule has 1 aliphatic carbocycles. The average molecular weight is 271 g/mol. The Labute approximate surface area is 117 Å². The maximum atomic E-state index is 11.8.